The Morgan fingerprint density at radius 1 is 1.33 bits per heavy atom. The molecule has 0 radical (unpaired) electrons. The van der Waals surface area contributed by atoms with Gasteiger partial charge in [-0.2, -0.15) is 0 Å². The fourth-order valence-corrected chi connectivity index (χ4v) is 2.50. The molecule has 0 unspecified atom stereocenters. The highest BCUT2D eigenvalue weighted by atomic mass is 15.1. The van der Waals surface area contributed by atoms with Crippen LogP contribution in [-0.2, 0) is 0 Å². The lowest BCUT2D eigenvalue weighted by molar-refractivity contribution is 0.412. The molecule has 0 aromatic rings. The molecule has 0 bridgehead atoms. The maximum absolute atomic E-state index is 5.90. The van der Waals surface area contributed by atoms with Crippen LogP contribution in [0.5, 0.6) is 0 Å². The minimum atomic E-state index is 0.520. The van der Waals surface area contributed by atoms with E-state index in [2.05, 4.69) is 17.2 Å². The number of nitrogens with one attached hydrogen (secondary N) is 1. The van der Waals surface area contributed by atoms with Crippen LogP contribution in [0.25, 0.3) is 0 Å². The van der Waals surface area contributed by atoms with Crippen molar-refractivity contribution in [1.82, 2.24) is 5.32 Å². The Bertz CT molecular complexity index is 231. The highest BCUT2D eigenvalue weighted by Gasteiger charge is 2.35. The molecule has 2 aliphatic rings. The molecule has 0 saturated heterocycles. The summed E-state index contributed by atoms with van der Waals surface area (Å²) in [5.74, 6) is 1.49. The van der Waals surface area contributed by atoms with E-state index in [4.69, 9.17) is 5.73 Å². The molecule has 2 saturated carbocycles. The minimum Gasteiger partial charge on any atom is -0.370 e. The Balaban J connectivity index is 1.73. The molecule has 2 fully saturated rings. The largest absolute Gasteiger partial charge is 0.370 e. The molecule has 2 aliphatic carbocycles. The van der Waals surface area contributed by atoms with E-state index in [9.17, 15) is 0 Å². The lowest BCUT2D eigenvalue weighted by atomic mass is 9.96. The number of guanidine groups is 1. The van der Waals surface area contributed by atoms with Crippen LogP contribution in [0.1, 0.15) is 51.9 Å². The predicted molar refractivity (Wildman–Crippen MR) is 63.8 cm³/mol. The van der Waals surface area contributed by atoms with Crippen LogP contribution in [0.2, 0.25) is 0 Å². The first kappa shape index (κ1) is 10.8. The molecule has 0 aromatic heterocycles. The number of hydrogen-bond donors (Lipinski definition) is 2. The average Bonchev–Trinajstić information content (AvgIpc) is 2.97. The predicted octanol–water partition coefficient (Wildman–Crippen LogP) is 2.02. The Kier molecular flexibility index (Phi) is 3.49. The van der Waals surface area contributed by atoms with Crippen molar-refractivity contribution in [3.05, 3.63) is 0 Å². The van der Waals surface area contributed by atoms with E-state index in [1.807, 2.05) is 0 Å². The quantitative estimate of drug-likeness (QED) is 0.552. The van der Waals surface area contributed by atoms with Crippen molar-refractivity contribution in [2.75, 3.05) is 0 Å². The van der Waals surface area contributed by atoms with Gasteiger partial charge in [-0.3, -0.25) is 0 Å². The average molecular weight is 209 g/mol. The van der Waals surface area contributed by atoms with E-state index in [1.54, 1.807) is 0 Å². The molecule has 2 rings (SSSR count). The van der Waals surface area contributed by atoms with Gasteiger partial charge in [-0.05, 0) is 25.2 Å². The lowest BCUT2D eigenvalue weighted by Crippen LogP contribution is -2.41. The molecular weight excluding hydrogens is 186 g/mol. The zero-order valence-electron chi connectivity index (χ0n) is 9.71. The summed E-state index contributed by atoms with van der Waals surface area (Å²) < 4.78 is 0. The van der Waals surface area contributed by atoms with Gasteiger partial charge in [0.2, 0.25) is 0 Å². The SMILES string of the molecule is CC[C@@H]1C[C@H]1N=C(N)NC1CCCCC1. The molecular formula is C12H23N3. The first-order valence-electron chi connectivity index (χ1n) is 6.39. The summed E-state index contributed by atoms with van der Waals surface area (Å²) in [5.41, 5.74) is 5.90. The van der Waals surface area contributed by atoms with Gasteiger partial charge < -0.3 is 11.1 Å². The van der Waals surface area contributed by atoms with E-state index >= 15 is 0 Å². The summed E-state index contributed by atoms with van der Waals surface area (Å²) >= 11 is 0. The monoisotopic (exact) mass is 209 g/mol. The van der Waals surface area contributed by atoms with Gasteiger partial charge in [-0.25, -0.2) is 4.99 Å². The molecule has 0 aromatic carbocycles. The van der Waals surface area contributed by atoms with Crippen LogP contribution in [0.4, 0.5) is 0 Å². The van der Waals surface area contributed by atoms with Crippen LogP contribution < -0.4 is 11.1 Å². The molecule has 15 heavy (non-hydrogen) atoms. The van der Waals surface area contributed by atoms with Gasteiger partial charge in [0, 0.05) is 6.04 Å². The molecule has 0 spiro atoms. The standard InChI is InChI=1S/C12H23N3/c1-2-9-8-11(9)15-12(13)14-10-6-4-3-5-7-10/h9-11H,2-8H2,1H3,(H3,13,14,15)/t9-,11-/m1/s1. The number of rotatable bonds is 3. The van der Waals surface area contributed by atoms with Gasteiger partial charge in [0.15, 0.2) is 5.96 Å². The molecule has 3 N–H and O–H groups in total. The number of hydrogen-bond acceptors (Lipinski definition) is 1. The van der Waals surface area contributed by atoms with Crippen molar-refractivity contribution < 1.29 is 0 Å². The topological polar surface area (TPSA) is 50.4 Å². The van der Waals surface area contributed by atoms with E-state index in [-0.39, 0.29) is 0 Å². The highest BCUT2D eigenvalue weighted by Crippen LogP contribution is 2.36. The third-order valence-corrected chi connectivity index (χ3v) is 3.67. The van der Waals surface area contributed by atoms with Crippen molar-refractivity contribution in [1.29, 1.82) is 0 Å². The Hall–Kier alpha value is -0.730. The lowest BCUT2D eigenvalue weighted by Gasteiger charge is -2.23. The maximum Gasteiger partial charge on any atom is 0.189 e. The van der Waals surface area contributed by atoms with Gasteiger partial charge in [0.1, 0.15) is 0 Å². The van der Waals surface area contributed by atoms with Crippen molar-refractivity contribution in [2.45, 2.75) is 64.0 Å². The Labute approximate surface area is 92.5 Å². The van der Waals surface area contributed by atoms with Crippen molar-refractivity contribution in [3.63, 3.8) is 0 Å². The molecule has 0 amide bonds. The third-order valence-electron chi connectivity index (χ3n) is 3.67. The van der Waals surface area contributed by atoms with Gasteiger partial charge in [0.25, 0.3) is 0 Å². The summed E-state index contributed by atoms with van der Waals surface area (Å²) in [4.78, 5) is 4.52. The van der Waals surface area contributed by atoms with Gasteiger partial charge >= 0.3 is 0 Å². The molecule has 3 nitrogen and oxygen atoms in total. The van der Waals surface area contributed by atoms with Gasteiger partial charge in [-0.15, -0.1) is 0 Å². The minimum absolute atomic E-state index is 0.520. The zero-order valence-corrected chi connectivity index (χ0v) is 9.71. The molecule has 0 aliphatic heterocycles. The number of aliphatic imine (C=N–C) groups is 1. The summed E-state index contributed by atoms with van der Waals surface area (Å²) in [5, 5.41) is 3.36. The first-order chi connectivity index (χ1) is 7.29. The van der Waals surface area contributed by atoms with E-state index in [0.29, 0.717) is 18.0 Å². The van der Waals surface area contributed by atoms with Crippen LogP contribution in [0, 0.1) is 5.92 Å². The summed E-state index contributed by atoms with van der Waals surface area (Å²) in [6.45, 7) is 2.23. The highest BCUT2D eigenvalue weighted by molar-refractivity contribution is 5.78. The molecule has 3 heteroatoms. The second kappa shape index (κ2) is 4.86. The fourth-order valence-electron chi connectivity index (χ4n) is 2.50. The van der Waals surface area contributed by atoms with Crippen LogP contribution in [0.15, 0.2) is 4.99 Å². The van der Waals surface area contributed by atoms with Gasteiger partial charge in [0.05, 0.1) is 6.04 Å². The van der Waals surface area contributed by atoms with E-state index in [1.165, 1.54) is 44.9 Å². The Morgan fingerprint density at radius 2 is 2.07 bits per heavy atom. The normalized spacial score (nSPS) is 32.7. The van der Waals surface area contributed by atoms with Crippen molar-refractivity contribution in [2.24, 2.45) is 16.6 Å². The second-order valence-corrected chi connectivity index (χ2v) is 4.96. The molecule has 0 heterocycles. The van der Waals surface area contributed by atoms with Crippen molar-refractivity contribution >= 4 is 5.96 Å². The maximum atomic E-state index is 5.90. The molecule has 86 valence electrons. The zero-order chi connectivity index (χ0) is 10.7. The summed E-state index contributed by atoms with van der Waals surface area (Å²) in [6.07, 6.45) is 9.07. The second-order valence-electron chi connectivity index (χ2n) is 4.96. The van der Waals surface area contributed by atoms with Crippen LogP contribution in [-0.4, -0.2) is 18.0 Å². The molecule has 2 atom stereocenters. The summed E-state index contributed by atoms with van der Waals surface area (Å²) in [7, 11) is 0. The smallest absolute Gasteiger partial charge is 0.189 e. The van der Waals surface area contributed by atoms with Gasteiger partial charge in [-0.1, -0.05) is 32.6 Å². The fraction of sp³-hybridized carbons (Fsp3) is 0.917. The third kappa shape index (κ3) is 3.11. The number of nitrogens with two attached hydrogens (primary N) is 1. The van der Waals surface area contributed by atoms with Crippen molar-refractivity contribution in [3.8, 4) is 0 Å². The van der Waals surface area contributed by atoms with E-state index in [0.717, 1.165) is 5.92 Å². The Morgan fingerprint density at radius 3 is 2.67 bits per heavy atom. The first-order valence-corrected chi connectivity index (χ1v) is 6.39. The van der Waals surface area contributed by atoms with E-state index < -0.39 is 0 Å². The van der Waals surface area contributed by atoms with Crippen LogP contribution >= 0.6 is 0 Å². The van der Waals surface area contributed by atoms with Crippen LogP contribution in [0.3, 0.4) is 0 Å². The number of nitrogens with zero attached hydrogens (tertiary/aromatic N) is 1. The summed E-state index contributed by atoms with van der Waals surface area (Å²) in [6, 6.07) is 1.10.